The molecule has 0 spiro atoms. The summed E-state index contributed by atoms with van der Waals surface area (Å²) in [5, 5.41) is 3.41. The Hall–Kier alpha value is -3.67. The van der Waals surface area contributed by atoms with Crippen LogP contribution in [0.4, 0.5) is 11.6 Å². The van der Waals surface area contributed by atoms with Gasteiger partial charge in [-0.15, -0.1) is 0 Å². The first-order chi connectivity index (χ1) is 13.5. The number of imidazole rings is 1. The maximum absolute atomic E-state index is 10.9. The van der Waals surface area contributed by atoms with Crippen LogP contribution in [0.3, 0.4) is 0 Å². The Morgan fingerprint density at radius 3 is 2.64 bits per heavy atom. The van der Waals surface area contributed by atoms with Crippen LogP contribution in [0.5, 0.6) is 11.5 Å². The molecule has 6 nitrogen and oxygen atoms in total. The molecule has 2 aromatic carbocycles. The van der Waals surface area contributed by atoms with Crippen molar-refractivity contribution < 1.29 is 9.53 Å². The van der Waals surface area contributed by atoms with E-state index in [1.165, 1.54) is 11.1 Å². The summed E-state index contributed by atoms with van der Waals surface area (Å²) in [5.41, 5.74) is 5.55. The van der Waals surface area contributed by atoms with Crippen LogP contribution in [0, 0.1) is 13.8 Å². The van der Waals surface area contributed by atoms with Crippen molar-refractivity contribution in [3.63, 3.8) is 0 Å². The van der Waals surface area contributed by atoms with Gasteiger partial charge in [0.2, 0.25) is 5.95 Å². The van der Waals surface area contributed by atoms with Gasteiger partial charge in [-0.25, -0.2) is 4.98 Å². The van der Waals surface area contributed by atoms with Crippen molar-refractivity contribution in [2.45, 2.75) is 13.8 Å². The third-order valence-corrected chi connectivity index (χ3v) is 4.59. The smallest absolute Gasteiger partial charge is 0.208 e. The van der Waals surface area contributed by atoms with Crippen LogP contribution in [-0.2, 0) is 7.05 Å². The van der Waals surface area contributed by atoms with Gasteiger partial charge >= 0.3 is 0 Å². The number of carbonyl (C=O) groups is 1. The third kappa shape index (κ3) is 3.44. The Bertz CT molecular complexity index is 1180. The molecule has 0 unspecified atom stereocenters. The van der Waals surface area contributed by atoms with Crippen molar-refractivity contribution in [1.29, 1.82) is 0 Å². The predicted octanol–water partition coefficient (Wildman–Crippen LogP) is 4.93. The summed E-state index contributed by atoms with van der Waals surface area (Å²) in [6.07, 6.45) is 2.24. The number of aldehydes is 1. The summed E-state index contributed by atoms with van der Waals surface area (Å²) in [4.78, 5) is 19.5. The van der Waals surface area contributed by atoms with Crippen LogP contribution in [0.1, 0.15) is 21.6 Å². The van der Waals surface area contributed by atoms with E-state index in [4.69, 9.17) is 9.72 Å². The van der Waals surface area contributed by atoms with Crippen LogP contribution in [0.25, 0.3) is 11.0 Å². The Morgan fingerprint density at radius 2 is 1.86 bits per heavy atom. The summed E-state index contributed by atoms with van der Waals surface area (Å²) in [7, 11) is 1.97. The molecule has 0 saturated heterocycles. The summed E-state index contributed by atoms with van der Waals surface area (Å²) < 4.78 is 7.87. The highest BCUT2D eigenvalue weighted by Gasteiger charge is 2.11. The van der Waals surface area contributed by atoms with E-state index in [1.54, 1.807) is 18.3 Å². The van der Waals surface area contributed by atoms with Gasteiger partial charge in [-0.3, -0.25) is 9.78 Å². The van der Waals surface area contributed by atoms with Gasteiger partial charge in [0.25, 0.3) is 0 Å². The van der Waals surface area contributed by atoms with E-state index in [0.29, 0.717) is 23.5 Å². The number of rotatable bonds is 5. The molecule has 0 aliphatic rings. The fourth-order valence-electron chi connectivity index (χ4n) is 3.12. The van der Waals surface area contributed by atoms with E-state index in [9.17, 15) is 4.79 Å². The minimum absolute atomic E-state index is 0.330. The lowest BCUT2D eigenvalue weighted by Crippen LogP contribution is -2.00. The molecule has 28 heavy (non-hydrogen) atoms. The quantitative estimate of drug-likeness (QED) is 0.503. The van der Waals surface area contributed by atoms with Gasteiger partial charge in [-0.2, -0.15) is 0 Å². The van der Waals surface area contributed by atoms with E-state index in [-0.39, 0.29) is 0 Å². The number of aromatic nitrogens is 3. The summed E-state index contributed by atoms with van der Waals surface area (Å²) in [6.45, 7) is 4.15. The minimum Gasteiger partial charge on any atom is -0.457 e. The van der Waals surface area contributed by atoms with Crippen molar-refractivity contribution in [3.05, 3.63) is 71.5 Å². The number of ether oxygens (including phenoxy) is 1. The van der Waals surface area contributed by atoms with Gasteiger partial charge in [-0.05, 0) is 43.7 Å². The number of aryl methyl sites for hydroxylation is 3. The molecule has 1 N–H and O–H groups in total. The fourth-order valence-corrected chi connectivity index (χ4v) is 3.12. The maximum atomic E-state index is 10.9. The molecule has 0 aliphatic heterocycles. The second-order valence-corrected chi connectivity index (χ2v) is 6.72. The number of anilines is 2. The molecule has 6 heteroatoms. The molecule has 2 aromatic heterocycles. The largest absolute Gasteiger partial charge is 0.457 e. The standard InChI is InChI=1S/C22H20N4O2/c1-14-4-6-19(15(2)10-14)24-22-25-20-12-17(5-7-21(20)26(22)3)28-18-8-9-23-16(11-18)13-27/h4-13H,1-3H3,(H,24,25). The number of fused-ring (bicyclic) bond motifs is 1. The molecule has 4 rings (SSSR count). The van der Waals surface area contributed by atoms with Gasteiger partial charge in [0.05, 0.1) is 11.0 Å². The van der Waals surface area contributed by atoms with Crippen molar-refractivity contribution in [2.75, 3.05) is 5.32 Å². The fraction of sp³-hybridized carbons (Fsp3) is 0.136. The molecule has 4 aromatic rings. The van der Waals surface area contributed by atoms with E-state index >= 15 is 0 Å². The third-order valence-electron chi connectivity index (χ3n) is 4.59. The Morgan fingerprint density at radius 1 is 1.04 bits per heavy atom. The van der Waals surface area contributed by atoms with Crippen molar-refractivity contribution in [2.24, 2.45) is 7.05 Å². The molecule has 0 bridgehead atoms. The highest BCUT2D eigenvalue weighted by Crippen LogP contribution is 2.28. The van der Waals surface area contributed by atoms with Crippen LogP contribution < -0.4 is 10.1 Å². The zero-order chi connectivity index (χ0) is 19.7. The van der Waals surface area contributed by atoms with Gasteiger partial charge < -0.3 is 14.6 Å². The molecule has 0 fully saturated rings. The molecule has 0 amide bonds. The molecular weight excluding hydrogens is 352 g/mol. The molecule has 140 valence electrons. The number of pyridine rings is 1. The first-order valence-corrected chi connectivity index (χ1v) is 8.93. The van der Waals surface area contributed by atoms with E-state index in [0.717, 1.165) is 22.7 Å². The number of benzene rings is 2. The number of hydrogen-bond acceptors (Lipinski definition) is 5. The summed E-state index contributed by atoms with van der Waals surface area (Å²) in [6, 6.07) is 15.3. The first-order valence-electron chi connectivity index (χ1n) is 8.93. The number of hydrogen-bond donors (Lipinski definition) is 1. The lowest BCUT2D eigenvalue weighted by molar-refractivity contribution is 0.111. The SMILES string of the molecule is Cc1ccc(Nc2nc3cc(Oc4ccnc(C=O)c4)ccc3n2C)c(C)c1. The molecule has 0 radical (unpaired) electrons. The number of nitrogens with one attached hydrogen (secondary N) is 1. The van der Waals surface area contributed by atoms with Crippen molar-refractivity contribution in [1.82, 2.24) is 14.5 Å². The van der Waals surface area contributed by atoms with E-state index in [2.05, 4.69) is 42.3 Å². The van der Waals surface area contributed by atoms with E-state index in [1.807, 2.05) is 29.8 Å². The van der Waals surface area contributed by atoms with Gasteiger partial charge in [0.1, 0.15) is 17.2 Å². The highest BCUT2D eigenvalue weighted by atomic mass is 16.5. The minimum atomic E-state index is 0.330. The van der Waals surface area contributed by atoms with Crippen LogP contribution in [0.2, 0.25) is 0 Å². The van der Waals surface area contributed by atoms with Crippen LogP contribution >= 0.6 is 0 Å². The van der Waals surface area contributed by atoms with Crippen molar-refractivity contribution >= 4 is 29.0 Å². The molecule has 0 atom stereocenters. The Balaban J connectivity index is 1.64. The highest BCUT2D eigenvalue weighted by molar-refractivity contribution is 5.81. The van der Waals surface area contributed by atoms with E-state index < -0.39 is 0 Å². The second-order valence-electron chi connectivity index (χ2n) is 6.72. The van der Waals surface area contributed by atoms with Gasteiger partial charge in [0, 0.05) is 31.1 Å². The number of carbonyl (C=O) groups excluding carboxylic acids is 1. The predicted molar refractivity (Wildman–Crippen MR) is 110 cm³/mol. The molecule has 0 aliphatic carbocycles. The molecule has 0 saturated carbocycles. The molecular formula is C22H20N4O2. The van der Waals surface area contributed by atoms with Gasteiger partial charge in [-0.1, -0.05) is 17.7 Å². The van der Waals surface area contributed by atoms with Crippen LogP contribution in [0.15, 0.2) is 54.7 Å². The summed E-state index contributed by atoms with van der Waals surface area (Å²) >= 11 is 0. The zero-order valence-corrected chi connectivity index (χ0v) is 15.9. The Kier molecular flexibility index (Phi) is 4.53. The summed E-state index contributed by atoms with van der Waals surface area (Å²) in [5.74, 6) is 1.96. The lowest BCUT2D eigenvalue weighted by atomic mass is 10.1. The first kappa shape index (κ1) is 17.7. The average Bonchev–Trinajstić information content (AvgIpc) is 2.99. The van der Waals surface area contributed by atoms with Crippen LogP contribution in [-0.4, -0.2) is 20.8 Å². The average molecular weight is 372 g/mol. The van der Waals surface area contributed by atoms with Gasteiger partial charge in [0.15, 0.2) is 6.29 Å². The van der Waals surface area contributed by atoms with Crippen molar-refractivity contribution in [3.8, 4) is 11.5 Å². The normalized spacial score (nSPS) is 10.8. The lowest BCUT2D eigenvalue weighted by Gasteiger charge is -2.09. The zero-order valence-electron chi connectivity index (χ0n) is 15.9. The number of nitrogens with zero attached hydrogens (tertiary/aromatic N) is 3. The topological polar surface area (TPSA) is 69.0 Å². The molecule has 2 heterocycles. The monoisotopic (exact) mass is 372 g/mol. The maximum Gasteiger partial charge on any atom is 0.208 e. The second kappa shape index (κ2) is 7.15. The Labute approximate surface area is 162 Å².